The Labute approximate surface area is 164 Å². The SMILES string of the molecule is Cc1cccc(OCCC(=O)OCC(=O)NC(=O)Nc2ccc(C)cc2C)c1. The lowest BCUT2D eigenvalue weighted by Gasteiger charge is -2.10. The van der Waals surface area contributed by atoms with Crippen LogP contribution in [0.5, 0.6) is 5.75 Å². The number of anilines is 1. The van der Waals surface area contributed by atoms with Crippen molar-refractivity contribution in [2.24, 2.45) is 0 Å². The molecule has 0 atom stereocenters. The van der Waals surface area contributed by atoms with Crippen molar-refractivity contribution in [1.82, 2.24) is 5.32 Å². The molecule has 3 amide bonds. The number of urea groups is 1. The van der Waals surface area contributed by atoms with Crippen LogP contribution >= 0.6 is 0 Å². The molecule has 0 aliphatic rings. The highest BCUT2D eigenvalue weighted by molar-refractivity contribution is 6.02. The molecule has 28 heavy (non-hydrogen) atoms. The van der Waals surface area contributed by atoms with E-state index in [9.17, 15) is 14.4 Å². The fraction of sp³-hybridized carbons (Fsp3) is 0.286. The lowest BCUT2D eigenvalue weighted by Crippen LogP contribution is -2.37. The van der Waals surface area contributed by atoms with E-state index in [1.54, 1.807) is 12.1 Å². The van der Waals surface area contributed by atoms with Crippen molar-refractivity contribution in [3.63, 3.8) is 0 Å². The summed E-state index contributed by atoms with van der Waals surface area (Å²) in [6, 6.07) is 12.3. The monoisotopic (exact) mass is 384 g/mol. The third-order valence-electron chi connectivity index (χ3n) is 3.81. The number of hydrogen-bond acceptors (Lipinski definition) is 5. The number of amides is 3. The van der Waals surface area contributed by atoms with Crippen LogP contribution in [0.25, 0.3) is 0 Å². The van der Waals surface area contributed by atoms with E-state index in [2.05, 4.69) is 10.6 Å². The molecule has 0 heterocycles. The molecule has 0 bridgehead atoms. The standard InChI is InChI=1S/C21H24N2O5/c1-14-5-4-6-17(12-14)27-10-9-20(25)28-13-19(24)23-21(26)22-18-8-7-15(2)11-16(18)3/h4-8,11-12H,9-10,13H2,1-3H3,(H2,22,23,24,26). The van der Waals surface area contributed by atoms with Crippen LogP contribution in [0.2, 0.25) is 0 Å². The number of imide groups is 1. The quantitative estimate of drug-likeness (QED) is 0.715. The van der Waals surface area contributed by atoms with E-state index in [0.717, 1.165) is 16.7 Å². The van der Waals surface area contributed by atoms with Gasteiger partial charge in [0.1, 0.15) is 5.75 Å². The van der Waals surface area contributed by atoms with Crippen LogP contribution in [-0.4, -0.2) is 31.1 Å². The van der Waals surface area contributed by atoms with Gasteiger partial charge in [0.05, 0.1) is 13.0 Å². The number of carbonyl (C=O) groups excluding carboxylic acids is 3. The third-order valence-corrected chi connectivity index (χ3v) is 3.81. The minimum Gasteiger partial charge on any atom is -0.493 e. The number of esters is 1. The van der Waals surface area contributed by atoms with Crippen molar-refractivity contribution in [2.75, 3.05) is 18.5 Å². The Morgan fingerprint density at radius 1 is 0.964 bits per heavy atom. The molecule has 0 aliphatic carbocycles. The van der Waals surface area contributed by atoms with E-state index in [4.69, 9.17) is 9.47 Å². The van der Waals surface area contributed by atoms with Gasteiger partial charge in [0.2, 0.25) is 0 Å². The van der Waals surface area contributed by atoms with Gasteiger partial charge < -0.3 is 14.8 Å². The molecular weight excluding hydrogens is 360 g/mol. The van der Waals surface area contributed by atoms with Gasteiger partial charge in [-0.15, -0.1) is 0 Å². The lowest BCUT2D eigenvalue weighted by molar-refractivity contribution is -0.148. The zero-order chi connectivity index (χ0) is 20.5. The minimum atomic E-state index is -0.713. The largest absolute Gasteiger partial charge is 0.493 e. The van der Waals surface area contributed by atoms with Crippen LogP contribution < -0.4 is 15.4 Å². The fourth-order valence-corrected chi connectivity index (χ4v) is 2.45. The summed E-state index contributed by atoms with van der Waals surface area (Å²) in [6.45, 7) is 5.34. The van der Waals surface area contributed by atoms with E-state index in [1.165, 1.54) is 0 Å². The van der Waals surface area contributed by atoms with Gasteiger partial charge >= 0.3 is 12.0 Å². The summed E-state index contributed by atoms with van der Waals surface area (Å²) in [7, 11) is 0. The van der Waals surface area contributed by atoms with Crippen molar-refractivity contribution in [2.45, 2.75) is 27.2 Å². The number of benzene rings is 2. The van der Waals surface area contributed by atoms with Gasteiger partial charge in [0.15, 0.2) is 6.61 Å². The normalized spacial score (nSPS) is 10.1. The van der Waals surface area contributed by atoms with Gasteiger partial charge in [0.25, 0.3) is 5.91 Å². The van der Waals surface area contributed by atoms with Gasteiger partial charge in [-0.3, -0.25) is 14.9 Å². The number of carbonyl (C=O) groups is 3. The maximum absolute atomic E-state index is 11.9. The summed E-state index contributed by atoms with van der Waals surface area (Å²) in [6.07, 6.45) is -0.00399. The molecule has 7 nitrogen and oxygen atoms in total. The number of ether oxygens (including phenoxy) is 2. The number of aryl methyl sites for hydroxylation is 3. The van der Waals surface area contributed by atoms with Crippen LogP contribution in [-0.2, 0) is 14.3 Å². The average molecular weight is 384 g/mol. The van der Waals surface area contributed by atoms with Crippen molar-refractivity contribution in [3.8, 4) is 5.75 Å². The third kappa shape index (κ3) is 7.11. The van der Waals surface area contributed by atoms with Crippen molar-refractivity contribution in [3.05, 3.63) is 59.2 Å². The molecule has 0 saturated carbocycles. The lowest BCUT2D eigenvalue weighted by atomic mass is 10.1. The van der Waals surface area contributed by atoms with E-state index in [0.29, 0.717) is 11.4 Å². The van der Waals surface area contributed by atoms with E-state index in [1.807, 2.05) is 51.1 Å². The van der Waals surface area contributed by atoms with Crippen molar-refractivity contribution < 1.29 is 23.9 Å². The first kappa shape index (κ1) is 21.0. The molecule has 0 fully saturated rings. The molecule has 7 heteroatoms. The zero-order valence-corrected chi connectivity index (χ0v) is 16.2. The van der Waals surface area contributed by atoms with Crippen molar-refractivity contribution >= 4 is 23.6 Å². The Kier molecular flexibility index (Phi) is 7.56. The summed E-state index contributed by atoms with van der Waals surface area (Å²) in [5.74, 6) is -0.638. The maximum atomic E-state index is 11.9. The summed E-state index contributed by atoms with van der Waals surface area (Å²) >= 11 is 0. The number of hydrogen-bond donors (Lipinski definition) is 2. The Morgan fingerprint density at radius 3 is 2.43 bits per heavy atom. The second-order valence-corrected chi connectivity index (χ2v) is 6.40. The molecule has 148 valence electrons. The second-order valence-electron chi connectivity index (χ2n) is 6.40. The second kappa shape index (κ2) is 10.1. The highest BCUT2D eigenvalue weighted by Crippen LogP contribution is 2.15. The molecule has 2 aromatic carbocycles. The fourth-order valence-electron chi connectivity index (χ4n) is 2.45. The highest BCUT2D eigenvalue weighted by Gasteiger charge is 2.12. The molecular formula is C21H24N2O5. The van der Waals surface area contributed by atoms with Gasteiger partial charge in [-0.05, 0) is 50.1 Å². The van der Waals surface area contributed by atoms with Crippen LogP contribution in [0.1, 0.15) is 23.1 Å². The molecule has 2 aromatic rings. The number of rotatable bonds is 7. The Bertz CT molecular complexity index is 864. The molecule has 0 aromatic heterocycles. The summed E-state index contributed by atoms with van der Waals surface area (Å²) in [4.78, 5) is 35.3. The Morgan fingerprint density at radius 2 is 1.71 bits per heavy atom. The van der Waals surface area contributed by atoms with E-state index >= 15 is 0 Å². The van der Waals surface area contributed by atoms with Gasteiger partial charge in [0, 0.05) is 5.69 Å². The predicted molar refractivity (Wildman–Crippen MR) is 105 cm³/mol. The highest BCUT2D eigenvalue weighted by atomic mass is 16.5. The molecule has 2 rings (SSSR count). The first-order chi connectivity index (χ1) is 13.3. The topological polar surface area (TPSA) is 93.7 Å². The predicted octanol–water partition coefficient (Wildman–Crippen LogP) is 3.27. The molecule has 2 N–H and O–H groups in total. The van der Waals surface area contributed by atoms with E-state index < -0.39 is 24.5 Å². The first-order valence-electron chi connectivity index (χ1n) is 8.86. The van der Waals surface area contributed by atoms with Crippen LogP contribution in [0.4, 0.5) is 10.5 Å². The molecule has 0 saturated heterocycles. The Balaban J connectivity index is 1.66. The summed E-state index contributed by atoms with van der Waals surface area (Å²) in [5.41, 5.74) is 3.59. The smallest absolute Gasteiger partial charge is 0.325 e. The molecule has 0 spiro atoms. The maximum Gasteiger partial charge on any atom is 0.325 e. The summed E-state index contributed by atoms with van der Waals surface area (Å²) < 4.78 is 10.3. The van der Waals surface area contributed by atoms with Gasteiger partial charge in [-0.25, -0.2) is 4.79 Å². The van der Waals surface area contributed by atoms with Gasteiger partial charge in [-0.2, -0.15) is 0 Å². The molecule has 0 unspecified atom stereocenters. The van der Waals surface area contributed by atoms with E-state index in [-0.39, 0.29) is 13.0 Å². The number of nitrogens with one attached hydrogen (secondary N) is 2. The minimum absolute atomic E-state index is 0.00399. The average Bonchev–Trinajstić information content (AvgIpc) is 2.62. The van der Waals surface area contributed by atoms with Crippen LogP contribution in [0.15, 0.2) is 42.5 Å². The summed E-state index contributed by atoms with van der Waals surface area (Å²) in [5, 5.41) is 4.70. The van der Waals surface area contributed by atoms with Crippen molar-refractivity contribution in [1.29, 1.82) is 0 Å². The first-order valence-corrected chi connectivity index (χ1v) is 8.86. The zero-order valence-electron chi connectivity index (χ0n) is 16.2. The Hall–Kier alpha value is -3.35. The van der Waals surface area contributed by atoms with Crippen LogP contribution in [0.3, 0.4) is 0 Å². The van der Waals surface area contributed by atoms with Crippen LogP contribution in [0, 0.1) is 20.8 Å². The molecule has 0 aliphatic heterocycles. The molecule has 0 radical (unpaired) electrons. The van der Waals surface area contributed by atoms with Gasteiger partial charge in [-0.1, -0.05) is 29.8 Å².